The minimum Gasteiger partial charge on any atom is -0.478 e. The van der Waals surface area contributed by atoms with Gasteiger partial charge in [0.15, 0.2) is 0 Å². The summed E-state index contributed by atoms with van der Waals surface area (Å²) in [5.74, 6) is -2.35. The maximum atomic E-state index is 11.1. The molecule has 84 valence electrons. The normalized spacial score (nSPS) is 9.56. The van der Waals surface area contributed by atoms with E-state index < -0.39 is 17.9 Å². The molecule has 1 N–H and O–H groups in total. The van der Waals surface area contributed by atoms with Gasteiger partial charge in [-0.25, -0.2) is 4.79 Å². The van der Waals surface area contributed by atoms with E-state index in [2.05, 4.69) is 4.74 Å². The molecule has 0 saturated heterocycles. The predicted molar refractivity (Wildman–Crippen MR) is 53.9 cm³/mol. The number of hydrogen-bond donors (Lipinski definition) is 1. The van der Waals surface area contributed by atoms with E-state index >= 15 is 0 Å². The Balaban J connectivity index is 2.65. The highest BCUT2D eigenvalue weighted by atomic mass is 16.6. The minimum absolute atomic E-state index is 0.0561. The lowest BCUT2D eigenvalue weighted by molar-refractivity contribution is -0.157. The number of carbonyl (C=O) groups excluding carboxylic acids is 2. The summed E-state index contributed by atoms with van der Waals surface area (Å²) in [6.07, 6.45) is -0.0561. The third-order valence-electron chi connectivity index (χ3n) is 1.81. The monoisotopic (exact) mass is 222 g/mol. The van der Waals surface area contributed by atoms with E-state index in [1.807, 2.05) is 0 Å². The van der Waals surface area contributed by atoms with Crippen molar-refractivity contribution in [3.05, 3.63) is 35.4 Å². The van der Waals surface area contributed by atoms with Gasteiger partial charge in [0.25, 0.3) is 0 Å². The third-order valence-corrected chi connectivity index (χ3v) is 1.81. The molecular formula is C11H10O5. The van der Waals surface area contributed by atoms with Crippen LogP contribution in [0, 0.1) is 0 Å². The molecule has 16 heavy (non-hydrogen) atoms. The molecule has 0 amide bonds. The summed E-state index contributed by atoms with van der Waals surface area (Å²) in [5.41, 5.74) is 0.736. The van der Waals surface area contributed by atoms with Crippen LogP contribution < -0.4 is 0 Å². The van der Waals surface area contributed by atoms with Crippen molar-refractivity contribution in [2.24, 2.45) is 0 Å². The topological polar surface area (TPSA) is 80.7 Å². The van der Waals surface area contributed by atoms with Gasteiger partial charge in [0, 0.05) is 6.92 Å². The zero-order valence-corrected chi connectivity index (χ0v) is 8.60. The first kappa shape index (κ1) is 11.9. The zero-order valence-electron chi connectivity index (χ0n) is 8.60. The molecule has 0 unspecified atom stereocenters. The summed E-state index contributed by atoms with van der Waals surface area (Å²) in [4.78, 5) is 32.1. The molecule has 0 spiro atoms. The van der Waals surface area contributed by atoms with Gasteiger partial charge in [-0.3, -0.25) is 9.59 Å². The third kappa shape index (κ3) is 3.53. The second kappa shape index (κ2) is 5.06. The molecule has 5 nitrogen and oxygen atoms in total. The highest BCUT2D eigenvalue weighted by Gasteiger charge is 2.08. The number of carboxylic acids is 1. The van der Waals surface area contributed by atoms with Crippen LogP contribution in [0.4, 0.5) is 0 Å². The summed E-state index contributed by atoms with van der Waals surface area (Å²) in [5, 5.41) is 8.64. The molecule has 0 aliphatic rings. The van der Waals surface area contributed by atoms with Gasteiger partial charge in [0.05, 0.1) is 12.0 Å². The van der Waals surface area contributed by atoms with E-state index in [1.54, 1.807) is 0 Å². The number of esters is 2. The van der Waals surface area contributed by atoms with Gasteiger partial charge in [-0.1, -0.05) is 12.1 Å². The molecule has 0 atom stereocenters. The van der Waals surface area contributed by atoms with Gasteiger partial charge in [0.2, 0.25) is 0 Å². The van der Waals surface area contributed by atoms with Crippen molar-refractivity contribution in [1.82, 2.24) is 0 Å². The Morgan fingerprint density at radius 3 is 2.19 bits per heavy atom. The molecule has 0 aliphatic heterocycles. The van der Waals surface area contributed by atoms with E-state index in [4.69, 9.17) is 5.11 Å². The van der Waals surface area contributed by atoms with Crippen molar-refractivity contribution >= 4 is 17.9 Å². The summed E-state index contributed by atoms with van der Waals surface area (Å²) < 4.78 is 4.34. The smallest absolute Gasteiger partial charge is 0.335 e. The quantitative estimate of drug-likeness (QED) is 0.610. The Labute approximate surface area is 91.6 Å². The second-order valence-electron chi connectivity index (χ2n) is 3.14. The fraction of sp³-hybridized carbons (Fsp3) is 0.182. The lowest BCUT2D eigenvalue weighted by atomic mass is 10.1. The Bertz CT molecular complexity index is 419. The van der Waals surface area contributed by atoms with Gasteiger partial charge < -0.3 is 9.84 Å². The molecule has 1 aromatic carbocycles. The molecule has 0 saturated carbocycles. The van der Waals surface area contributed by atoms with Gasteiger partial charge >= 0.3 is 17.9 Å². The predicted octanol–water partition coefficient (Wildman–Crippen LogP) is 1.02. The Morgan fingerprint density at radius 1 is 1.19 bits per heavy atom. The number of rotatable bonds is 3. The largest absolute Gasteiger partial charge is 0.478 e. The van der Waals surface area contributed by atoms with Crippen molar-refractivity contribution in [2.45, 2.75) is 13.3 Å². The lowest BCUT2D eigenvalue weighted by Crippen LogP contribution is -2.11. The van der Waals surface area contributed by atoms with Gasteiger partial charge in [0.1, 0.15) is 0 Å². The number of carboxylic acid groups (broad SMARTS) is 1. The summed E-state index contributed by atoms with van der Waals surface area (Å²) in [7, 11) is 0. The average molecular weight is 222 g/mol. The van der Waals surface area contributed by atoms with Crippen molar-refractivity contribution in [3.63, 3.8) is 0 Å². The highest BCUT2D eigenvalue weighted by molar-refractivity contribution is 5.88. The molecule has 0 radical (unpaired) electrons. The highest BCUT2D eigenvalue weighted by Crippen LogP contribution is 2.06. The van der Waals surface area contributed by atoms with Crippen LogP contribution in [0.15, 0.2) is 24.3 Å². The van der Waals surface area contributed by atoms with Crippen LogP contribution in [-0.2, 0) is 20.7 Å². The first-order valence-electron chi connectivity index (χ1n) is 4.52. The average Bonchev–Trinajstić information content (AvgIpc) is 2.16. The van der Waals surface area contributed by atoms with Crippen LogP contribution in [0.2, 0.25) is 0 Å². The lowest BCUT2D eigenvalue weighted by Gasteiger charge is -2.01. The van der Waals surface area contributed by atoms with Crippen LogP contribution in [0.1, 0.15) is 22.8 Å². The SMILES string of the molecule is CC(=O)OC(=O)Cc1ccc(C(=O)O)cc1. The van der Waals surface area contributed by atoms with Crippen molar-refractivity contribution < 1.29 is 24.2 Å². The number of carbonyl (C=O) groups is 3. The van der Waals surface area contributed by atoms with Crippen molar-refractivity contribution in [3.8, 4) is 0 Å². The van der Waals surface area contributed by atoms with Crippen LogP contribution in [0.3, 0.4) is 0 Å². The maximum absolute atomic E-state index is 11.1. The molecule has 1 rings (SSSR count). The number of hydrogen-bond acceptors (Lipinski definition) is 4. The van der Waals surface area contributed by atoms with Gasteiger partial charge in [-0.05, 0) is 17.7 Å². The number of ether oxygens (including phenoxy) is 1. The Morgan fingerprint density at radius 2 is 1.75 bits per heavy atom. The van der Waals surface area contributed by atoms with Crippen molar-refractivity contribution in [1.29, 1.82) is 0 Å². The molecule has 0 heterocycles. The summed E-state index contributed by atoms with van der Waals surface area (Å²) >= 11 is 0. The van der Waals surface area contributed by atoms with E-state index in [-0.39, 0.29) is 12.0 Å². The van der Waals surface area contributed by atoms with Gasteiger partial charge in [-0.2, -0.15) is 0 Å². The Hall–Kier alpha value is -2.17. The summed E-state index contributed by atoms with van der Waals surface area (Å²) in [6, 6.07) is 5.78. The molecule has 0 aliphatic carbocycles. The fourth-order valence-corrected chi connectivity index (χ4v) is 1.13. The van der Waals surface area contributed by atoms with E-state index in [9.17, 15) is 14.4 Å². The first-order chi connectivity index (χ1) is 7.49. The minimum atomic E-state index is -1.03. The molecule has 0 aromatic heterocycles. The van der Waals surface area contributed by atoms with Crippen molar-refractivity contribution in [2.75, 3.05) is 0 Å². The van der Waals surface area contributed by atoms with Gasteiger partial charge in [-0.15, -0.1) is 0 Å². The fourth-order valence-electron chi connectivity index (χ4n) is 1.13. The maximum Gasteiger partial charge on any atom is 0.335 e. The number of aromatic carboxylic acids is 1. The molecule has 1 aromatic rings. The van der Waals surface area contributed by atoms with E-state index in [0.717, 1.165) is 6.92 Å². The molecule has 0 bridgehead atoms. The van der Waals surface area contributed by atoms with Crippen LogP contribution in [0.5, 0.6) is 0 Å². The van der Waals surface area contributed by atoms with Crippen LogP contribution in [0.25, 0.3) is 0 Å². The standard InChI is InChI=1S/C11H10O5/c1-7(12)16-10(13)6-8-2-4-9(5-3-8)11(14)15/h2-5H,6H2,1H3,(H,14,15). The Kier molecular flexibility index (Phi) is 3.77. The zero-order chi connectivity index (χ0) is 12.1. The summed E-state index contributed by atoms with van der Waals surface area (Å²) in [6.45, 7) is 1.14. The first-order valence-corrected chi connectivity index (χ1v) is 4.52. The second-order valence-corrected chi connectivity index (χ2v) is 3.14. The molecular weight excluding hydrogens is 212 g/mol. The number of benzene rings is 1. The van der Waals surface area contributed by atoms with E-state index in [0.29, 0.717) is 5.56 Å². The molecule has 0 fully saturated rings. The van der Waals surface area contributed by atoms with E-state index in [1.165, 1.54) is 24.3 Å². The van der Waals surface area contributed by atoms with Crippen LogP contribution in [-0.4, -0.2) is 23.0 Å². The molecule has 5 heteroatoms. The van der Waals surface area contributed by atoms with Crippen LogP contribution >= 0.6 is 0 Å².